The van der Waals surface area contributed by atoms with Gasteiger partial charge in [0.25, 0.3) is 0 Å². The maximum atomic E-state index is 12.3. The van der Waals surface area contributed by atoms with Crippen molar-refractivity contribution in [2.45, 2.75) is 25.2 Å². The molecule has 2 rings (SSSR count). The molecular formula is C15H23N3O3. The number of hydrogen-bond donors (Lipinski definition) is 2. The number of rotatable bonds is 5. The van der Waals surface area contributed by atoms with Gasteiger partial charge in [0.2, 0.25) is 5.91 Å². The third-order valence-electron chi connectivity index (χ3n) is 3.95. The lowest BCUT2D eigenvalue weighted by Gasteiger charge is -2.23. The molecule has 0 bridgehead atoms. The SMILES string of the molecule is COC1CN(C(C)C(=O)Nc2ccc(N)cc2)CC1OC. The second-order valence-corrected chi connectivity index (χ2v) is 5.29. The summed E-state index contributed by atoms with van der Waals surface area (Å²) in [5, 5.41) is 2.89. The predicted octanol–water partition coefficient (Wildman–Crippen LogP) is 0.941. The van der Waals surface area contributed by atoms with Crippen LogP contribution in [0.1, 0.15) is 6.92 Å². The zero-order chi connectivity index (χ0) is 15.4. The first-order valence-electron chi connectivity index (χ1n) is 7.01. The Labute approximate surface area is 125 Å². The Kier molecular flexibility index (Phi) is 5.17. The highest BCUT2D eigenvalue weighted by molar-refractivity contribution is 5.94. The van der Waals surface area contributed by atoms with Crippen LogP contribution in [0.4, 0.5) is 11.4 Å². The summed E-state index contributed by atoms with van der Waals surface area (Å²) < 4.78 is 10.8. The number of carbonyl (C=O) groups is 1. The Hall–Kier alpha value is -1.63. The predicted molar refractivity (Wildman–Crippen MR) is 82.1 cm³/mol. The van der Waals surface area contributed by atoms with Crippen LogP contribution in [0.15, 0.2) is 24.3 Å². The van der Waals surface area contributed by atoms with Crippen LogP contribution in [0.5, 0.6) is 0 Å². The van der Waals surface area contributed by atoms with Crippen LogP contribution in [-0.4, -0.2) is 56.4 Å². The Bertz CT molecular complexity index is 466. The van der Waals surface area contributed by atoms with E-state index >= 15 is 0 Å². The zero-order valence-corrected chi connectivity index (χ0v) is 12.7. The molecule has 1 fully saturated rings. The molecule has 6 nitrogen and oxygen atoms in total. The average Bonchev–Trinajstić information content (AvgIpc) is 2.92. The fraction of sp³-hybridized carbons (Fsp3) is 0.533. The number of nitrogens with two attached hydrogens (primary N) is 1. The van der Waals surface area contributed by atoms with Gasteiger partial charge in [0.1, 0.15) is 0 Å². The number of nitrogens with zero attached hydrogens (tertiary/aromatic N) is 1. The van der Waals surface area contributed by atoms with Gasteiger partial charge in [-0.3, -0.25) is 9.69 Å². The molecule has 0 radical (unpaired) electrons. The number of benzene rings is 1. The molecule has 1 aromatic carbocycles. The maximum absolute atomic E-state index is 12.3. The van der Waals surface area contributed by atoms with Crippen molar-refractivity contribution in [3.05, 3.63) is 24.3 Å². The van der Waals surface area contributed by atoms with Crippen molar-refractivity contribution >= 4 is 17.3 Å². The third kappa shape index (κ3) is 3.72. The number of nitrogens with one attached hydrogen (secondary N) is 1. The Morgan fingerprint density at radius 2 is 1.76 bits per heavy atom. The Morgan fingerprint density at radius 3 is 2.24 bits per heavy atom. The first-order valence-corrected chi connectivity index (χ1v) is 7.01. The van der Waals surface area contributed by atoms with Gasteiger partial charge in [0, 0.05) is 38.7 Å². The molecule has 1 aliphatic rings. The fourth-order valence-corrected chi connectivity index (χ4v) is 2.52. The van der Waals surface area contributed by atoms with Gasteiger partial charge in [-0.1, -0.05) is 0 Å². The van der Waals surface area contributed by atoms with E-state index in [0.717, 1.165) is 5.69 Å². The smallest absolute Gasteiger partial charge is 0.241 e. The summed E-state index contributed by atoms with van der Waals surface area (Å²) in [7, 11) is 3.33. The second kappa shape index (κ2) is 6.89. The van der Waals surface area contributed by atoms with Gasteiger partial charge >= 0.3 is 0 Å². The lowest BCUT2D eigenvalue weighted by molar-refractivity contribution is -0.120. The van der Waals surface area contributed by atoms with Crippen molar-refractivity contribution in [1.82, 2.24) is 4.90 Å². The van der Waals surface area contributed by atoms with Gasteiger partial charge in [0.05, 0.1) is 18.2 Å². The number of methoxy groups -OCH3 is 2. The van der Waals surface area contributed by atoms with Gasteiger partial charge in [-0.2, -0.15) is 0 Å². The minimum atomic E-state index is -0.250. The van der Waals surface area contributed by atoms with Gasteiger partial charge < -0.3 is 20.5 Å². The summed E-state index contributed by atoms with van der Waals surface area (Å²) in [6.07, 6.45) is 0.00328. The molecule has 0 aromatic heterocycles. The normalized spacial score (nSPS) is 24.0. The van der Waals surface area contributed by atoms with Crippen molar-refractivity contribution in [2.24, 2.45) is 0 Å². The van der Waals surface area contributed by atoms with Crippen molar-refractivity contribution in [2.75, 3.05) is 38.4 Å². The van der Waals surface area contributed by atoms with Crippen LogP contribution < -0.4 is 11.1 Å². The summed E-state index contributed by atoms with van der Waals surface area (Å²) in [6.45, 7) is 3.26. The highest BCUT2D eigenvalue weighted by atomic mass is 16.5. The number of anilines is 2. The fourth-order valence-electron chi connectivity index (χ4n) is 2.52. The largest absolute Gasteiger partial charge is 0.399 e. The lowest BCUT2D eigenvalue weighted by Crippen LogP contribution is -2.41. The molecule has 1 amide bonds. The number of ether oxygens (including phenoxy) is 2. The van der Waals surface area contributed by atoms with Crippen molar-refractivity contribution in [3.8, 4) is 0 Å². The molecule has 0 spiro atoms. The van der Waals surface area contributed by atoms with Crippen molar-refractivity contribution in [1.29, 1.82) is 0 Å². The molecule has 1 heterocycles. The van der Waals surface area contributed by atoms with Crippen LogP contribution in [0.25, 0.3) is 0 Å². The topological polar surface area (TPSA) is 76.8 Å². The molecule has 3 unspecified atom stereocenters. The van der Waals surface area contributed by atoms with Gasteiger partial charge in [-0.25, -0.2) is 0 Å². The number of likely N-dealkylation sites (tertiary alicyclic amines) is 1. The molecule has 0 aliphatic carbocycles. The van der Waals surface area contributed by atoms with E-state index in [4.69, 9.17) is 15.2 Å². The highest BCUT2D eigenvalue weighted by Crippen LogP contribution is 2.19. The molecule has 1 saturated heterocycles. The molecule has 0 saturated carbocycles. The summed E-state index contributed by atoms with van der Waals surface area (Å²) in [5.74, 6) is -0.0497. The molecule has 1 aliphatic heterocycles. The summed E-state index contributed by atoms with van der Waals surface area (Å²) in [4.78, 5) is 14.4. The number of hydrogen-bond acceptors (Lipinski definition) is 5. The lowest BCUT2D eigenvalue weighted by atomic mass is 10.2. The van der Waals surface area contributed by atoms with E-state index in [1.807, 2.05) is 6.92 Å². The molecule has 116 valence electrons. The summed E-state index contributed by atoms with van der Waals surface area (Å²) in [5.41, 5.74) is 7.04. The quantitative estimate of drug-likeness (QED) is 0.790. The highest BCUT2D eigenvalue weighted by Gasteiger charge is 2.37. The first kappa shape index (κ1) is 15.8. The Balaban J connectivity index is 1.95. The zero-order valence-electron chi connectivity index (χ0n) is 12.7. The maximum Gasteiger partial charge on any atom is 0.241 e. The Morgan fingerprint density at radius 1 is 1.24 bits per heavy atom. The van der Waals surface area contributed by atoms with Crippen LogP contribution in [-0.2, 0) is 14.3 Å². The van der Waals surface area contributed by atoms with Crippen molar-refractivity contribution < 1.29 is 14.3 Å². The van der Waals surface area contributed by atoms with E-state index < -0.39 is 0 Å². The number of nitrogen functional groups attached to an aromatic ring is 1. The summed E-state index contributed by atoms with van der Waals surface area (Å²) in [6, 6.07) is 6.86. The average molecular weight is 293 g/mol. The number of carbonyl (C=O) groups excluding carboxylic acids is 1. The standard InChI is InChI=1S/C15H23N3O3/c1-10(18-8-13(20-2)14(9-18)21-3)15(19)17-12-6-4-11(16)5-7-12/h4-7,10,13-14H,8-9,16H2,1-3H3,(H,17,19). The van der Waals surface area contributed by atoms with E-state index in [-0.39, 0.29) is 24.2 Å². The second-order valence-electron chi connectivity index (χ2n) is 5.29. The van der Waals surface area contributed by atoms with Crippen LogP contribution in [0.3, 0.4) is 0 Å². The minimum absolute atomic E-state index is 0.00164. The van der Waals surface area contributed by atoms with Crippen LogP contribution in [0, 0.1) is 0 Å². The van der Waals surface area contributed by atoms with Crippen molar-refractivity contribution in [3.63, 3.8) is 0 Å². The van der Waals surface area contributed by atoms with E-state index in [9.17, 15) is 4.79 Å². The molecule has 3 atom stereocenters. The molecule has 21 heavy (non-hydrogen) atoms. The van der Waals surface area contributed by atoms with E-state index in [2.05, 4.69) is 10.2 Å². The minimum Gasteiger partial charge on any atom is -0.399 e. The van der Waals surface area contributed by atoms with E-state index in [1.165, 1.54) is 0 Å². The monoisotopic (exact) mass is 293 g/mol. The molecule has 6 heteroatoms. The summed E-state index contributed by atoms with van der Waals surface area (Å²) >= 11 is 0. The number of amides is 1. The third-order valence-corrected chi connectivity index (χ3v) is 3.95. The van der Waals surface area contributed by atoms with Gasteiger partial charge in [0.15, 0.2) is 0 Å². The van der Waals surface area contributed by atoms with Crippen LogP contribution in [0.2, 0.25) is 0 Å². The van der Waals surface area contributed by atoms with E-state index in [0.29, 0.717) is 18.8 Å². The van der Waals surface area contributed by atoms with Crippen LogP contribution >= 0.6 is 0 Å². The van der Waals surface area contributed by atoms with Gasteiger partial charge in [-0.15, -0.1) is 0 Å². The molecular weight excluding hydrogens is 270 g/mol. The molecule has 3 N–H and O–H groups in total. The van der Waals surface area contributed by atoms with Gasteiger partial charge in [-0.05, 0) is 31.2 Å². The molecule has 1 aromatic rings. The first-order chi connectivity index (χ1) is 10.0. The van der Waals surface area contributed by atoms with E-state index in [1.54, 1.807) is 38.5 Å².